The number of hydrogen-bond donors (Lipinski definition) is 2. The van der Waals surface area contributed by atoms with Crippen molar-refractivity contribution in [2.75, 3.05) is 5.75 Å². The van der Waals surface area contributed by atoms with E-state index in [4.69, 9.17) is 0 Å². The molecule has 6 nitrogen and oxygen atoms in total. The van der Waals surface area contributed by atoms with E-state index in [2.05, 4.69) is 20.5 Å². The van der Waals surface area contributed by atoms with Crippen LogP contribution in [0, 0.1) is 0 Å². The van der Waals surface area contributed by atoms with E-state index in [1.807, 2.05) is 29.6 Å². The summed E-state index contributed by atoms with van der Waals surface area (Å²) in [4.78, 5) is 28.6. The second-order valence-electron chi connectivity index (χ2n) is 5.26. The van der Waals surface area contributed by atoms with Gasteiger partial charge in [0.1, 0.15) is 0 Å². The molecule has 0 unspecified atom stereocenters. The van der Waals surface area contributed by atoms with E-state index in [0.717, 1.165) is 10.4 Å². The second kappa shape index (κ2) is 8.09. The molecular formula is C17H16N4O2S2. The van der Waals surface area contributed by atoms with Gasteiger partial charge >= 0.3 is 0 Å². The zero-order valence-corrected chi connectivity index (χ0v) is 15.1. The summed E-state index contributed by atoms with van der Waals surface area (Å²) >= 11 is 2.89. The molecule has 2 aromatic heterocycles. The smallest absolute Gasteiger partial charge is 0.217 e. The normalized spacial score (nSPS) is 10.6. The molecule has 0 fully saturated rings. The molecule has 8 heteroatoms. The van der Waals surface area contributed by atoms with Crippen LogP contribution in [0.4, 0.5) is 0 Å². The van der Waals surface area contributed by atoms with Crippen LogP contribution < -0.4 is 5.32 Å². The molecule has 1 aromatic carbocycles. The standard InChI is InChI=1S/C17H16N4O2S2/c1-11(22)18-9-12-4-6-13(7-5-12)14(23)10-25-17-19-16(20-21-17)15-3-2-8-24-15/h2-8H,9-10H2,1H3,(H,18,22)(H,19,20,21). The van der Waals surface area contributed by atoms with Crippen molar-refractivity contribution in [1.29, 1.82) is 0 Å². The van der Waals surface area contributed by atoms with Crippen molar-refractivity contribution in [3.05, 3.63) is 52.9 Å². The van der Waals surface area contributed by atoms with Crippen LogP contribution in [-0.2, 0) is 11.3 Å². The molecule has 0 saturated heterocycles. The topological polar surface area (TPSA) is 87.7 Å². The predicted octanol–water partition coefficient (Wildman–Crippen LogP) is 3.14. The Hall–Kier alpha value is -2.45. The van der Waals surface area contributed by atoms with Gasteiger partial charge in [-0.25, -0.2) is 4.98 Å². The Labute approximate surface area is 153 Å². The monoisotopic (exact) mass is 372 g/mol. The summed E-state index contributed by atoms with van der Waals surface area (Å²) < 4.78 is 0. The molecule has 0 atom stereocenters. The molecule has 128 valence electrons. The van der Waals surface area contributed by atoms with Crippen LogP contribution in [0.15, 0.2) is 46.9 Å². The summed E-state index contributed by atoms with van der Waals surface area (Å²) in [6.07, 6.45) is 0. The van der Waals surface area contributed by atoms with E-state index in [-0.39, 0.29) is 17.4 Å². The fourth-order valence-corrected chi connectivity index (χ4v) is 3.44. The zero-order chi connectivity index (χ0) is 17.6. The molecule has 0 bridgehead atoms. The number of Topliss-reactive ketones (excluding diaryl/α,β-unsaturated/α-hetero) is 1. The van der Waals surface area contributed by atoms with Crippen LogP contribution in [0.2, 0.25) is 0 Å². The SMILES string of the molecule is CC(=O)NCc1ccc(C(=O)CSc2n[nH]c(-c3cccs3)n2)cc1. The number of aromatic nitrogens is 3. The molecule has 25 heavy (non-hydrogen) atoms. The summed E-state index contributed by atoms with van der Waals surface area (Å²) in [6.45, 7) is 1.93. The number of aromatic amines is 1. The molecule has 0 spiro atoms. The predicted molar refractivity (Wildman–Crippen MR) is 98.7 cm³/mol. The van der Waals surface area contributed by atoms with Gasteiger partial charge in [-0.2, -0.15) is 0 Å². The van der Waals surface area contributed by atoms with Crippen molar-refractivity contribution >= 4 is 34.8 Å². The fourth-order valence-electron chi connectivity index (χ4n) is 2.08. The Morgan fingerprint density at radius 2 is 2.04 bits per heavy atom. The number of ketones is 1. The van der Waals surface area contributed by atoms with Gasteiger partial charge in [-0.05, 0) is 17.0 Å². The highest BCUT2D eigenvalue weighted by atomic mass is 32.2. The first-order chi connectivity index (χ1) is 12.1. The van der Waals surface area contributed by atoms with Gasteiger partial charge in [0.15, 0.2) is 11.6 Å². The average molecular weight is 372 g/mol. The maximum atomic E-state index is 12.3. The second-order valence-corrected chi connectivity index (χ2v) is 7.15. The van der Waals surface area contributed by atoms with E-state index in [1.54, 1.807) is 23.5 Å². The first-order valence-corrected chi connectivity index (χ1v) is 9.44. The van der Waals surface area contributed by atoms with Crippen molar-refractivity contribution in [1.82, 2.24) is 20.5 Å². The summed E-state index contributed by atoms with van der Waals surface area (Å²) in [5.41, 5.74) is 1.59. The lowest BCUT2D eigenvalue weighted by Gasteiger charge is -2.04. The third-order valence-corrected chi connectivity index (χ3v) is 5.09. The Bertz CT molecular complexity index is 857. The summed E-state index contributed by atoms with van der Waals surface area (Å²) in [5, 5.41) is 12.3. The van der Waals surface area contributed by atoms with Crippen LogP contribution in [0.25, 0.3) is 10.7 Å². The third-order valence-electron chi connectivity index (χ3n) is 3.37. The molecule has 2 heterocycles. The Balaban J connectivity index is 1.54. The van der Waals surface area contributed by atoms with Crippen molar-refractivity contribution in [2.24, 2.45) is 0 Å². The van der Waals surface area contributed by atoms with Gasteiger partial charge in [0.05, 0.1) is 10.6 Å². The lowest BCUT2D eigenvalue weighted by Crippen LogP contribution is -2.18. The van der Waals surface area contributed by atoms with Crippen LogP contribution in [0.5, 0.6) is 0 Å². The van der Waals surface area contributed by atoms with Crippen molar-refractivity contribution in [3.8, 4) is 10.7 Å². The van der Waals surface area contributed by atoms with Gasteiger partial charge in [0.25, 0.3) is 0 Å². The van der Waals surface area contributed by atoms with Gasteiger partial charge < -0.3 is 5.32 Å². The highest BCUT2D eigenvalue weighted by Gasteiger charge is 2.11. The van der Waals surface area contributed by atoms with Gasteiger partial charge in [0.2, 0.25) is 11.1 Å². The summed E-state index contributed by atoms with van der Waals surface area (Å²) in [6, 6.07) is 11.1. The highest BCUT2D eigenvalue weighted by molar-refractivity contribution is 7.99. The van der Waals surface area contributed by atoms with Crippen LogP contribution >= 0.6 is 23.1 Å². The van der Waals surface area contributed by atoms with E-state index >= 15 is 0 Å². The van der Waals surface area contributed by atoms with Crippen molar-refractivity contribution < 1.29 is 9.59 Å². The Morgan fingerprint density at radius 1 is 1.24 bits per heavy atom. The number of nitrogens with zero attached hydrogens (tertiary/aromatic N) is 2. The number of nitrogens with one attached hydrogen (secondary N) is 2. The van der Waals surface area contributed by atoms with Gasteiger partial charge in [-0.15, -0.1) is 16.4 Å². The minimum absolute atomic E-state index is 0.0125. The molecule has 3 rings (SSSR count). The number of thioether (sulfide) groups is 1. The first kappa shape index (κ1) is 17.4. The quantitative estimate of drug-likeness (QED) is 0.491. The highest BCUT2D eigenvalue weighted by Crippen LogP contribution is 2.23. The maximum absolute atomic E-state index is 12.3. The largest absolute Gasteiger partial charge is 0.352 e. The van der Waals surface area contributed by atoms with Crippen LogP contribution in [0.1, 0.15) is 22.8 Å². The third kappa shape index (κ3) is 4.77. The molecule has 1 amide bonds. The van der Waals surface area contributed by atoms with E-state index < -0.39 is 0 Å². The van der Waals surface area contributed by atoms with Crippen LogP contribution in [0.3, 0.4) is 0 Å². The molecule has 0 saturated carbocycles. The van der Waals surface area contributed by atoms with Crippen LogP contribution in [-0.4, -0.2) is 32.6 Å². The number of amides is 1. The van der Waals surface area contributed by atoms with E-state index in [9.17, 15) is 9.59 Å². The van der Waals surface area contributed by atoms with E-state index in [0.29, 0.717) is 23.1 Å². The Morgan fingerprint density at radius 3 is 2.72 bits per heavy atom. The first-order valence-electron chi connectivity index (χ1n) is 7.57. The van der Waals surface area contributed by atoms with Gasteiger partial charge in [-0.1, -0.05) is 42.1 Å². The van der Waals surface area contributed by atoms with Gasteiger partial charge in [0, 0.05) is 19.0 Å². The Kier molecular flexibility index (Phi) is 5.62. The fraction of sp³-hybridized carbons (Fsp3) is 0.176. The minimum atomic E-state index is -0.0787. The zero-order valence-electron chi connectivity index (χ0n) is 13.5. The average Bonchev–Trinajstić information content (AvgIpc) is 3.29. The lowest BCUT2D eigenvalue weighted by atomic mass is 10.1. The molecule has 0 aliphatic rings. The lowest BCUT2D eigenvalue weighted by molar-refractivity contribution is -0.119. The molecule has 0 radical (unpaired) electrons. The van der Waals surface area contributed by atoms with Crippen molar-refractivity contribution in [2.45, 2.75) is 18.6 Å². The summed E-state index contributed by atoms with van der Waals surface area (Å²) in [5.74, 6) is 0.919. The number of benzene rings is 1. The molecular weight excluding hydrogens is 356 g/mol. The van der Waals surface area contributed by atoms with E-state index in [1.165, 1.54) is 18.7 Å². The number of carbonyl (C=O) groups is 2. The minimum Gasteiger partial charge on any atom is -0.352 e. The number of H-pyrrole nitrogens is 1. The van der Waals surface area contributed by atoms with Crippen molar-refractivity contribution in [3.63, 3.8) is 0 Å². The van der Waals surface area contributed by atoms with Gasteiger partial charge in [-0.3, -0.25) is 14.7 Å². The number of thiophene rings is 1. The number of hydrogen-bond acceptors (Lipinski definition) is 6. The maximum Gasteiger partial charge on any atom is 0.217 e. The molecule has 2 N–H and O–H groups in total. The molecule has 0 aliphatic heterocycles. The number of rotatable bonds is 7. The number of carbonyl (C=O) groups excluding carboxylic acids is 2. The molecule has 3 aromatic rings. The molecule has 0 aliphatic carbocycles. The summed E-state index contributed by atoms with van der Waals surface area (Å²) in [7, 11) is 0.